The number of nitrogens with zero attached hydrogens (tertiary/aromatic N) is 1. The molecule has 1 amide bonds. The fourth-order valence-electron chi connectivity index (χ4n) is 2.17. The predicted molar refractivity (Wildman–Crippen MR) is 87.8 cm³/mol. The Bertz CT molecular complexity index is 727. The zero-order valence-electron chi connectivity index (χ0n) is 12.7. The van der Waals surface area contributed by atoms with Gasteiger partial charge in [0.1, 0.15) is 11.6 Å². The van der Waals surface area contributed by atoms with Crippen molar-refractivity contribution in [2.75, 3.05) is 0 Å². The van der Waals surface area contributed by atoms with Crippen LogP contribution >= 0.6 is 0 Å². The lowest BCUT2D eigenvalue weighted by atomic mass is 10.1. The number of aryl methyl sites for hydroxylation is 1. The van der Waals surface area contributed by atoms with Crippen LogP contribution in [0.2, 0.25) is 0 Å². The van der Waals surface area contributed by atoms with Gasteiger partial charge in [-0.05, 0) is 31.1 Å². The third-order valence-electron chi connectivity index (χ3n) is 3.37. The Morgan fingerprint density at radius 3 is 2.55 bits per heavy atom. The van der Waals surface area contributed by atoms with E-state index in [1.54, 1.807) is 6.08 Å². The summed E-state index contributed by atoms with van der Waals surface area (Å²) in [4.78, 5) is 12.2. The van der Waals surface area contributed by atoms with Crippen LogP contribution in [0.25, 0.3) is 6.08 Å². The summed E-state index contributed by atoms with van der Waals surface area (Å²) < 4.78 is 0. The van der Waals surface area contributed by atoms with Crippen molar-refractivity contribution in [1.82, 2.24) is 5.32 Å². The second-order valence-electron chi connectivity index (χ2n) is 5.19. The van der Waals surface area contributed by atoms with Gasteiger partial charge in [0, 0.05) is 0 Å². The Morgan fingerprint density at radius 1 is 1.18 bits per heavy atom. The average molecular weight is 290 g/mol. The number of nitrogens with one attached hydrogen (secondary N) is 1. The molecule has 2 aromatic carbocycles. The van der Waals surface area contributed by atoms with Crippen molar-refractivity contribution in [2.45, 2.75) is 19.9 Å². The van der Waals surface area contributed by atoms with E-state index in [1.807, 2.05) is 74.5 Å². The number of hydrogen-bond acceptors (Lipinski definition) is 2. The maximum Gasteiger partial charge on any atom is 0.262 e. The van der Waals surface area contributed by atoms with E-state index < -0.39 is 0 Å². The van der Waals surface area contributed by atoms with Gasteiger partial charge in [-0.3, -0.25) is 4.79 Å². The van der Waals surface area contributed by atoms with Gasteiger partial charge in [-0.1, -0.05) is 60.2 Å². The Morgan fingerprint density at radius 2 is 1.91 bits per heavy atom. The SMILES string of the molecule is Cc1cccc(/C=C(/C#N)C(=O)NC(C)c2ccccc2)c1. The van der Waals surface area contributed by atoms with Crippen molar-refractivity contribution in [2.24, 2.45) is 0 Å². The smallest absolute Gasteiger partial charge is 0.262 e. The number of carbonyl (C=O) groups is 1. The van der Waals surface area contributed by atoms with E-state index in [1.165, 1.54) is 0 Å². The highest BCUT2D eigenvalue weighted by Gasteiger charge is 2.13. The van der Waals surface area contributed by atoms with Crippen molar-refractivity contribution in [3.05, 3.63) is 76.9 Å². The number of rotatable bonds is 4. The van der Waals surface area contributed by atoms with E-state index in [9.17, 15) is 10.1 Å². The fourth-order valence-corrected chi connectivity index (χ4v) is 2.17. The normalized spacial score (nSPS) is 12.3. The summed E-state index contributed by atoms with van der Waals surface area (Å²) >= 11 is 0. The molecule has 1 N–H and O–H groups in total. The van der Waals surface area contributed by atoms with Gasteiger partial charge in [-0.2, -0.15) is 5.26 Å². The topological polar surface area (TPSA) is 52.9 Å². The molecule has 0 aliphatic rings. The molecule has 0 spiro atoms. The monoisotopic (exact) mass is 290 g/mol. The highest BCUT2D eigenvalue weighted by molar-refractivity contribution is 6.01. The van der Waals surface area contributed by atoms with Gasteiger partial charge in [-0.15, -0.1) is 0 Å². The van der Waals surface area contributed by atoms with Gasteiger partial charge < -0.3 is 5.32 Å². The third kappa shape index (κ3) is 4.07. The second kappa shape index (κ2) is 7.24. The standard InChI is InChI=1S/C19H18N2O/c1-14-7-6-8-16(11-14)12-18(13-20)19(22)21-15(2)17-9-4-3-5-10-17/h3-12,15H,1-2H3,(H,21,22)/b18-12-. The number of hydrogen-bond donors (Lipinski definition) is 1. The summed E-state index contributed by atoms with van der Waals surface area (Å²) in [7, 11) is 0. The van der Waals surface area contributed by atoms with Crippen LogP contribution in [0.5, 0.6) is 0 Å². The zero-order chi connectivity index (χ0) is 15.9. The van der Waals surface area contributed by atoms with Crippen LogP contribution in [0, 0.1) is 18.3 Å². The molecule has 0 fully saturated rings. The molecule has 0 aromatic heterocycles. The van der Waals surface area contributed by atoms with Gasteiger partial charge >= 0.3 is 0 Å². The van der Waals surface area contributed by atoms with E-state index >= 15 is 0 Å². The van der Waals surface area contributed by atoms with Gasteiger partial charge in [-0.25, -0.2) is 0 Å². The molecule has 1 unspecified atom stereocenters. The van der Waals surface area contributed by atoms with Crippen molar-refractivity contribution in [3.63, 3.8) is 0 Å². The molecule has 110 valence electrons. The molecule has 0 radical (unpaired) electrons. The average Bonchev–Trinajstić information content (AvgIpc) is 2.53. The van der Waals surface area contributed by atoms with Crippen LogP contribution < -0.4 is 5.32 Å². The number of nitriles is 1. The van der Waals surface area contributed by atoms with E-state index in [0.29, 0.717) is 0 Å². The Hall–Kier alpha value is -2.86. The molecule has 3 heteroatoms. The summed E-state index contributed by atoms with van der Waals surface area (Å²) in [5, 5.41) is 12.1. The summed E-state index contributed by atoms with van der Waals surface area (Å²) in [6.07, 6.45) is 1.61. The van der Waals surface area contributed by atoms with Crippen molar-refractivity contribution >= 4 is 12.0 Å². The minimum atomic E-state index is -0.361. The highest BCUT2D eigenvalue weighted by Crippen LogP contribution is 2.13. The minimum Gasteiger partial charge on any atom is -0.345 e. The first kappa shape index (κ1) is 15.5. The van der Waals surface area contributed by atoms with Crippen LogP contribution in [0.15, 0.2) is 60.2 Å². The molecule has 1 atom stereocenters. The maximum absolute atomic E-state index is 12.2. The number of benzene rings is 2. The summed E-state index contributed by atoms with van der Waals surface area (Å²) in [6.45, 7) is 3.87. The molecule has 0 aliphatic heterocycles. The van der Waals surface area contributed by atoms with Crippen molar-refractivity contribution < 1.29 is 4.79 Å². The summed E-state index contributed by atoms with van der Waals surface area (Å²) in [6, 6.07) is 19.2. The largest absolute Gasteiger partial charge is 0.345 e. The van der Waals surface area contributed by atoms with Gasteiger partial charge in [0.15, 0.2) is 0 Å². The second-order valence-corrected chi connectivity index (χ2v) is 5.19. The molecule has 2 rings (SSSR count). The quantitative estimate of drug-likeness (QED) is 0.688. The van der Waals surface area contributed by atoms with Crippen LogP contribution in [-0.4, -0.2) is 5.91 Å². The zero-order valence-corrected chi connectivity index (χ0v) is 12.7. The Balaban J connectivity index is 2.14. The van der Waals surface area contributed by atoms with E-state index in [0.717, 1.165) is 16.7 Å². The summed E-state index contributed by atoms with van der Waals surface area (Å²) in [5.41, 5.74) is 3.04. The third-order valence-corrected chi connectivity index (χ3v) is 3.37. The van der Waals surface area contributed by atoms with Crippen LogP contribution in [0.3, 0.4) is 0 Å². The van der Waals surface area contributed by atoms with E-state index in [-0.39, 0.29) is 17.5 Å². The lowest BCUT2D eigenvalue weighted by molar-refractivity contribution is -0.117. The number of carbonyl (C=O) groups excluding carboxylic acids is 1. The molecular weight excluding hydrogens is 272 g/mol. The van der Waals surface area contributed by atoms with Crippen LogP contribution in [0.1, 0.15) is 29.7 Å². The van der Waals surface area contributed by atoms with Crippen molar-refractivity contribution in [3.8, 4) is 6.07 Å². The number of amides is 1. The molecule has 2 aromatic rings. The highest BCUT2D eigenvalue weighted by atomic mass is 16.1. The predicted octanol–water partition coefficient (Wildman–Crippen LogP) is 3.78. The van der Waals surface area contributed by atoms with Gasteiger partial charge in [0.2, 0.25) is 0 Å². The van der Waals surface area contributed by atoms with Gasteiger partial charge in [0.05, 0.1) is 6.04 Å². The summed E-state index contributed by atoms with van der Waals surface area (Å²) in [5.74, 6) is -0.361. The molecular formula is C19H18N2O. The molecule has 3 nitrogen and oxygen atoms in total. The lowest BCUT2D eigenvalue weighted by Gasteiger charge is -2.13. The molecule has 22 heavy (non-hydrogen) atoms. The molecule has 0 heterocycles. The first-order valence-electron chi connectivity index (χ1n) is 7.14. The fraction of sp³-hybridized carbons (Fsp3) is 0.158. The molecule has 0 bridgehead atoms. The first-order chi connectivity index (χ1) is 10.6. The molecule has 0 saturated heterocycles. The first-order valence-corrected chi connectivity index (χ1v) is 7.14. The minimum absolute atomic E-state index is 0.105. The van der Waals surface area contributed by atoms with Gasteiger partial charge in [0.25, 0.3) is 5.91 Å². The maximum atomic E-state index is 12.2. The van der Waals surface area contributed by atoms with Crippen LogP contribution in [0.4, 0.5) is 0 Å². The van der Waals surface area contributed by atoms with Crippen molar-refractivity contribution in [1.29, 1.82) is 5.26 Å². The molecule has 0 aliphatic carbocycles. The van der Waals surface area contributed by atoms with E-state index in [2.05, 4.69) is 5.32 Å². The molecule has 0 saturated carbocycles. The Labute approximate surface area is 130 Å². The van der Waals surface area contributed by atoms with E-state index in [4.69, 9.17) is 0 Å². The Kier molecular flexibility index (Phi) is 5.11. The lowest BCUT2D eigenvalue weighted by Crippen LogP contribution is -2.27. The van der Waals surface area contributed by atoms with Crippen LogP contribution in [-0.2, 0) is 4.79 Å².